The molecule has 3 atom stereocenters. The second-order valence-electron chi connectivity index (χ2n) is 7.78. The summed E-state index contributed by atoms with van der Waals surface area (Å²) in [5, 5.41) is 9.82. The molecule has 0 spiro atoms. The van der Waals surface area contributed by atoms with Crippen LogP contribution >= 0.6 is 0 Å². The number of hydrogen-bond acceptors (Lipinski definition) is 6. The molecule has 0 aliphatic carbocycles. The Labute approximate surface area is 188 Å². The average molecular weight is 441 g/mol. The topological polar surface area (TPSA) is 153 Å². The summed E-state index contributed by atoms with van der Waals surface area (Å²) in [6.45, 7) is 0.384. The summed E-state index contributed by atoms with van der Waals surface area (Å²) in [5.41, 5.74) is 19.4. The number of rotatable bonds is 12. The molecule has 2 aromatic carbocycles. The van der Waals surface area contributed by atoms with E-state index in [0.717, 1.165) is 16.0 Å². The van der Waals surface area contributed by atoms with Gasteiger partial charge in [-0.15, -0.1) is 0 Å². The van der Waals surface area contributed by atoms with Crippen molar-refractivity contribution in [2.45, 2.75) is 50.2 Å². The summed E-state index contributed by atoms with van der Waals surface area (Å²) < 4.78 is 0. The predicted octanol–water partition coefficient (Wildman–Crippen LogP) is 1.06. The number of amides is 2. The van der Waals surface area contributed by atoms with Crippen LogP contribution < -0.4 is 17.2 Å². The van der Waals surface area contributed by atoms with Gasteiger partial charge in [-0.3, -0.25) is 14.5 Å². The molecule has 2 rings (SSSR count). The number of unbranched alkanes of at least 4 members (excludes halogenated alkanes) is 1. The van der Waals surface area contributed by atoms with E-state index < -0.39 is 35.9 Å². The number of carboxylic acids is 1. The van der Waals surface area contributed by atoms with E-state index in [0.29, 0.717) is 19.4 Å². The van der Waals surface area contributed by atoms with Gasteiger partial charge in [-0.1, -0.05) is 60.7 Å². The lowest BCUT2D eigenvalue weighted by Crippen LogP contribution is -2.59. The molecule has 0 saturated heterocycles. The van der Waals surface area contributed by atoms with E-state index in [1.807, 2.05) is 60.7 Å². The molecule has 0 aromatic heterocycles. The third-order valence-corrected chi connectivity index (χ3v) is 5.23. The maximum absolute atomic E-state index is 13.3. The zero-order valence-corrected chi connectivity index (χ0v) is 18.1. The molecule has 2 aromatic rings. The first kappa shape index (κ1) is 25.2. The van der Waals surface area contributed by atoms with Crippen LogP contribution in [0, 0.1) is 0 Å². The summed E-state index contributed by atoms with van der Waals surface area (Å²) in [4.78, 5) is 39.3. The van der Waals surface area contributed by atoms with Gasteiger partial charge in [0.25, 0.3) is 0 Å². The van der Waals surface area contributed by atoms with Gasteiger partial charge < -0.3 is 22.3 Å². The normalized spacial score (nSPS) is 13.7. The Morgan fingerprint density at radius 3 is 1.59 bits per heavy atom. The Kier molecular flexibility index (Phi) is 10.0. The Bertz CT molecular complexity index is 817. The fourth-order valence-electron chi connectivity index (χ4n) is 3.53. The maximum Gasteiger partial charge on any atom is 0.326 e. The maximum atomic E-state index is 13.3. The number of aliphatic carboxylic acids is 1. The number of hydrogen-bond donors (Lipinski definition) is 4. The van der Waals surface area contributed by atoms with Crippen molar-refractivity contribution in [2.75, 3.05) is 6.54 Å². The molecule has 32 heavy (non-hydrogen) atoms. The summed E-state index contributed by atoms with van der Waals surface area (Å²) >= 11 is 0. The molecule has 8 nitrogen and oxygen atoms in total. The molecular weight excluding hydrogens is 408 g/mol. The molecule has 0 aliphatic heterocycles. The van der Waals surface area contributed by atoms with Crippen LogP contribution in [0.2, 0.25) is 0 Å². The van der Waals surface area contributed by atoms with Gasteiger partial charge in [-0.25, -0.2) is 4.79 Å². The van der Waals surface area contributed by atoms with Gasteiger partial charge in [0.1, 0.15) is 6.04 Å². The third kappa shape index (κ3) is 7.26. The van der Waals surface area contributed by atoms with Crippen molar-refractivity contribution in [3.63, 3.8) is 0 Å². The standard InChI is InChI=1S/C24H32N4O4/c25-14-8-7-13-21(24(31)32)28(22(29)19(26)15-17-9-3-1-4-10-17)23(30)20(27)16-18-11-5-2-6-12-18/h1-6,9-12,19-21H,7-8,13-16,25-27H2,(H,31,32)/t19-,20+,21-/m0/s1. The first-order valence-electron chi connectivity index (χ1n) is 10.7. The van der Waals surface area contributed by atoms with E-state index in [-0.39, 0.29) is 19.3 Å². The molecule has 172 valence electrons. The Morgan fingerprint density at radius 1 is 0.781 bits per heavy atom. The molecule has 0 bridgehead atoms. The molecule has 0 aliphatic rings. The van der Waals surface area contributed by atoms with Crippen LogP contribution in [0.5, 0.6) is 0 Å². The SMILES string of the molecule is NCCCC[C@@H](C(=O)O)N(C(=O)[C@H](N)Cc1ccccc1)C(=O)[C@@H](N)Cc1ccccc1. The van der Waals surface area contributed by atoms with Crippen LogP contribution in [-0.4, -0.2) is 52.5 Å². The lowest BCUT2D eigenvalue weighted by Gasteiger charge is -2.31. The predicted molar refractivity (Wildman–Crippen MR) is 122 cm³/mol. The summed E-state index contributed by atoms with van der Waals surface area (Å²) in [6, 6.07) is 14.7. The van der Waals surface area contributed by atoms with E-state index in [1.165, 1.54) is 0 Å². The summed E-state index contributed by atoms with van der Waals surface area (Å²) in [7, 11) is 0. The number of carbonyl (C=O) groups is 3. The molecule has 0 saturated carbocycles. The van der Waals surface area contributed by atoms with Gasteiger partial charge in [0, 0.05) is 0 Å². The minimum absolute atomic E-state index is 0.0835. The highest BCUT2D eigenvalue weighted by Crippen LogP contribution is 2.16. The van der Waals surface area contributed by atoms with Crippen LogP contribution in [0.1, 0.15) is 30.4 Å². The number of benzene rings is 2. The summed E-state index contributed by atoms with van der Waals surface area (Å²) in [5.74, 6) is -2.77. The lowest BCUT2D eigenvalue weighted by atomic mass is 10.00. The van der Waals surface area contributed by atoms with E-state index in [1.54, 1.807) is 0 Å². The zero-order valence-electron chi connectivity index (χ0n) is 18.1. The first-order valence-corrected chi connectivity index (χ1v) is 10.7. The molecule has 0 radical (unpaired) electrons. The highest BCUT2D eigenvalue weighted by molar-refractivity contribution is 6.03. The Hall–Kier alpha value is -3.07. The monoisotopic (exact) mass is 440 g/mol. The zero-order chi connectivity index (χ0) is 23.5. The fraction of sp³-hybridized carbons (Fsp3) is 0.375. The van der Waals surface area contributed by atoms with E-state index in [4.69, 9.17) is 17.2 Å². The third-order valence-electron chi connectivity index (χ3n) is 5.23. The van der Waals surface area contributed by atoms with Gasteiger partial charge in [-0.2, -0.15) is 0 Å². The number of carbonyl (C=O) groups excluding carboxylic acids is 2. The lowest BCUT2D eigenvalue weighted by molar-refractivity contribution is -0.159. The van der Waals surface area contributed by atoms with E-state index >= 15 is 0 Å². The molecule has 8 heteroatoms. The quantitative estimate of drug-likeness (QED) is 0.360. The van der Waals surface area contributed by atoms with Crippen LogP contribution in [-0.2, 0) is 27.2 Å². The second kappa shape index (κ2) is 12.7. The Morgan fingerprint density at radius 2 is 1.22 bits per heavy atom. The van der Waals surface area contributed by atoms with Gasteiger partial charge in [0.15, 0.2) is 0 Å². The van der Waals surface area contributed by atoms with Crippen molar-refractivity contribution in [1.29, 1.82) is 0 Å². The first-order chi connectivity index (χ1) is 15.3. The van der Waals surface area contributed by atoms with E-state index in [9.17, 15) is 19.5 Å². The van der Waals surface area contributed by atoms with Crippen LogP contribution in [0.25, 0.3) is 0 Å². The largest absolute Gasteiger partial charge is 0.480 e. The van der Waals surface area contributed by atoms with Gasteiger partial charge in [0.05, 0.1) is 12.1 Å². The average Bonchev–Trinajstić information content (AvgIpc) is 2.79. The van der Waals surface area contributed by atoms with Crippen LogP contribution in [0.3, 0.4) is 0 Å². The minimum Gasteiger partial charge on any atom is -0.480 e. The number of nitrogens with two attached hydrogens (primary N) is 3. The fourth-order valence-corrected chi connectivity index (χ4v) is 3.53. The molecule has 0 heterocycles. The van der Waals surface area contributed by atoms with Gasteiger partial charge in [0.2, 0.25) is 11.8 Å². The number of nitrogens with zero attached hydrogens (tertiary/aromatic N) is 1. The molecule has 0 fully saturated rings. The van der Waals surface area contributed by atoms with Crippen LogP contribution in [0.4, 0.5) is 0 Å². The molecule has 7 N–H and O–H groups in total. The van der Waals surface area contributed by atoms with Crippen molar-refractivity contribution < 1.29 is 19.5 Å². The van der Waals surface area contributed by atoms with Crippen molar-refractivity contribution in [1.82, 2.24) is 4.90 Å². The number of carboxylic acid groups (broad SMARTS) is 1. The van der Waals surface area contributed by atoms with Crippen molar-refractivity contribution >= 4 is 17.8 Å². The smallest absolute Gasteiger partial charge is 0.326 e. The van der Waals surface area contributed by atoms with Crippen molar-refractivity contribution in [3.05, 3.63) is 71.8 Å². The molecule has 2 amide bonds. The Balaban J connectivity index is 2.28. The van der Waals surface area contributed by atoms with Crippen molar-refractivity contribution in [3.8, 4) is 0 Å². The minimum atomic E-state index is -1.36. The van der Waals surface area contributed by atoms with Gasteiger partial charge >= 0.3 is 5.97 Å². The summed E-state index contributed by atoms with van der Waals surface area (Å²) in [6.07, 6.45) is 1.46. The van der Waals surface area contributed by atoms with Crippen molar-refractivity contribution in [2.24, 2.45) is 17.2 Å². The highest BCUT2D eigenvalue weighted by atomic mass is 16.4. The molecule has 0 unspecified atom stereocenters. The highest BCUT2D eigenvalue weighted by Gasteiger charge is 2.38. The number of imide groups is 1. The van der Waals surface area contributed by atoms with Gasteiger partial charge in [-0.05, 0) is 49.8 Å². The van der Waals surface area contributed by atoms with Crippen LogP contribution in [0.15, 0.2) is 60.7 Å². The second-order valence-corrected chi connectivity index (χ2v) is 7.78. The van der Waals surface area contributed by atoms with E-state index in [2.05, 4.69) is 0 Å². The molecular formula is C24H32N4O4.